The van der Waals surface area contributed by atoms with Gasteiger partial charge in [0.2, 0.25) is 0 Å². The first-order valence-electron chi connectivity index (χ1n) is 6.65. The smallest absolute Gasteiger partial charge is 0.339 e. The maximum atomic E-state index is 11.7. The second kappa shape index (κ2) is 6.50. The number of methoxy groups -OCH3 is 1. The number of nitrogen functional groups attached to an aromatic ring is 1. The maximum Gasteiger partial charge on any atom is 0.339 e. The zero-order chi connectivity index (χ0) is 17.1. The third-order valence-corrected chi connectivity index (χ3v) is 3.38. The van der Waals surface area contributed by atoms with Crippen molar-refractivity contribution in [3.8, 4) is 11.3 Å². The van der Waals surface area contributed by atoms with Gasteiger partial charge in [-0.15, -0.1) is 0 Å². The molecule has 0 amide bonds. The number of esters is 1. The van der Waals surface area contributed by atoms with Gasteiger partial charge in [0.05, 0.1) is 23.9 Å². The summed E-state index contributed by atoms with van der Waals surface area (Å²) in [4.78, 5) is 12.8. The first kappa shape index (κ1) is 15.7. The zero-order valence-corrected chi connectivity index (χ0v) is 13.1. The maximum absolute atomic E-state index is 11.7. The lowest BCUT2D eigenvalue weighted by Crippen LogP contribution is -2.02. The van der Waals surface area contributed by atoms with Crippen molar-refractivity contribution in [1.29, 1.82) is 0 Å². The monoisotopic (exact) mass is 346 g/mol. The number of hydrogen-bond donors (Lipinski definition) is 1. The molecule has 3 aromatic rings. The summed E-state index contributed by atoms with van der Waals surface area (Å²) in [6.45, 7) is 0. The number of rotatable bonds is 4. The predicted molar refractivity (Wildman–Crippen MR) is 85.7 cm³/mol. The number of ether oxygens (including phenoxy) is 1. The fraction of sp³-hybridized carbons (Fsp3) is 0.0714. The summed E-state index contributed by atoms with van der Waals surface area (Å²) < 4.78 is 10.3. The Hall–Kier alpha value is -3.20. The summed E-state index contributed by atoms with van der Waals surface area (Å²) in [6, 6.07) is 8.35. The molecule has 0 aliphatic heterocycles. The van der Waals surface area contributed by atoms with Crippen LogP contribution in [0.1, 0.15) is 16.1 Å². The molecule has 0 fully saturated rings. The summed E-state index contributed by atoms with van der Waals surface area (Å²) in [5, 5.41) is 14.7. The van der Waals surface area contributed by atoms with Crippen LogP contribution in [-0.4, -0.2) is 39.6 Å². The number of benzene rings is 1. The Morgan fingerprint density at radius 2 is 2.25 bits per heavy atom. The molecule has 3 rings (SSSR count). The van der Waals surface area contributed by atoms with Crippen molar-refractivity contribution in [2.24, 2.45) is 5.10 Å². The second-order valence-corrected chi connectivity index (χ2v) is 4.97. The first-order valence-corrected chi connectivity index (χ1v) is 7.02. The Balaban J connectivity index is 1.87. The fourth-order valence-electron chi connectivity index (χ4n) is 1.91. The van der Waals surface area contributed by atoms with E-state index in [-0.39, 0.29) is 11.5 Å². The average Bonchev–Trinajstić information content (AvgIpc) is 3.21. The van der Waals surface area contributed by atoms with Crippen LogP contribution in [0.3, 0.4) is 0 Å². The topological polar surface area (TPSA) is 121 Å². The minimum atomic E-state index is -0.524. The number of carbonyl (C=O) groups excluding carboxylic acids is 1. The molecule has 10 heteroatoms. The Morgan fingerprint density at radius 3 is 2.96 bits per heavy atom. The number of tetrazole rings is 1. The Labute approximate surface area is 140 Å². The van der Waals surface area contributed by atoms with Gasteiger partial charge in [-0.2, -0.15) is 5.10 Å². The number of carbonyl (C=O) groups is 1. The molecular weight excluding hydrogens is 336 g/mol. The van der Waals surface area contributed by atoms with Gasteiger partial charge < -0.3 is 14.9 Å². The minimum absolute atomic E-state index is 0.0541. The molecule has 2 aromatic heterocycles. The number of nitrogens with two attached hydrogens (primary N) is 1. The molecule has 0 spiro atoms. The van der Waals surface area contributed by atoms with Crippen LogP contribution < -0.4 is 5.73 Å². The number of aromatic nitrogens is 4. The normalized spacial score (nSPS) is 11.1. The Kier molecular flexibility index (Phi) is 4.25. The standard InChI is InChI=1S/C14H11ClN6O3/c1-23-13(22)10-6-8(2-4-11(10)15)12-5-3-9(24-12)7-17-21-14(16)18-19-20-21/h2-7H,1H3,(H2,16,18,20)/b17-7+. The summed E-state index contributed by atoms with van der Waals surface area (Å²) in [7, 11) is 1.29. The SMILES string of the molecule is COC(=O)c1cc(-c2ccc(/C=N/n3nnnc3N)o2)ccc1Cl. The van der Waals surface area contributed by atoms with Crippen LogP contribution >= 0.6 is 11.6 Å². The summed E-state index contributed by atoms with van der Waals surface area (Å²) in [6.07, 6.45) is 1.41. The molecule has 122 valence electrons. The third kappa shape index (κ3) is 3.10. The van der Waals surface area contributed by atoms with Crippen molar-refractivity contribution in [2.45, 2.75) is 0 Å². The van der Waals surface area contributed by atoms with Gasteiger partial charge in [0.15, 0.2) is 0 Å². The van der Waals surface area contributed by atoms with Gasteiger partial charge in [-0.1, -0.05) is 21.5 Å². The Morgan fingerprint density at radius 1 is 1.42 bits per heavy atom. The van der Waals surface area contributed by atoms with E-state index in [2.05, 4.69) is 20.6 Å². The van der Waals surface area contributed by atoms with E-state index >= 15 is 0 Å². The molecule has 0 aliphatic rings. The number of anilines is 1. The van der Waals surface area contributed by atoms with Crippen LogP contribution in [0.4, 0.5) is 5.95 Å². The molecule has 0 radical (unpaired) electrons. The lowest BCUT2D eigenvalue weighted by molar-refractivity contribution is 0.0601. The van der Waals surface area contributed by atoms with Crippen molar-refractivity contribution in [3.05, 3.63) is 46.7 Å². The highest BCUT2D eigenvalue weighted by atomic mass is 35.5. The summed E-state index contributed by atoms with van der Waals surface area (Å²) in [5.41, 5.74) is 6.42. The molecule has 24 heavy (non-hydrogen) atoms. The molecule has 0 saturated heterocycles. The average molecular weight is 347 g/mol. The van der Waals surface area contributed by atoms with Crippen molar-refractivity contribution in [2.75, 3.05) is 12.8 Å². The van der Waals surface area contributed by atoms with Gasteiger partial charge in [0.1, 0.15) is 11.5 Å². The molecular formula is C14H11ClN6O3. The Bertz CT molecular complexity index is 917. The molecule has 0 saturated carbocycles. The number of halogens is 1. The minimum Gasteiger partial charge on any atom is -0.465 e. The van der Waals surface area contributed by atoms with Crippen LogP contribution in [0.5, 0.6) is 0 Å². The van der Waals surface area contributed by atoms with E-state index in [1.165, 1.54) is 13.3 Å². The van der Waals surface area contributed by atoms with E-state index in [0.717, 1.165) is 4.79 Å². The third-order valence-electron chi connectivity index (χ3n) is 3.05. The molecule has 0 bridgehead atoms. The van der Waals surface area contributed by atoms with Crippen molar-refractivity contribution >= 4 is 29.7 Å². The molecule has 0 unspecified atom stereocenters. The van der Waals surface area contributed by atoms with Crippen LogP contribution in [0.2, 0.25) is 5.02 Å². The highest BCUT2D eigenvalue weighted by Crippen LogP contribution is 2.27. The lowest BCUT2D eigenvalue weighted by atomic mass is 10.1. The molecule has 0 aliphatic carbocycles. The molecule has 9 nitrogen and oxygen atoms in total. The lowest BCUT2D eigenvalue weighted by Gasteiger charge is -2.04. The van der Waals surface area contributed by atoms with E-state index in [4.69, 9.17) is 26.5 Å². The van der Waals surface area contributed by atoms with E-state index in [1.807, 2.05) is 0 Å². The van der Waals surface area contributed by atoms with Gasteiger partial charge in [-0.25, -0.2) is 4.79 Å². The quantitative estimate of drug-likeness (QED) is 0.565. The fourth-order valence-corrected chi connectivity index (χ4v) is 2.10. The van der Waals surface area contributed by atoms with Crippen LogP contribution in [0.25, 0.3) is 11.3 Å². The highest BCUT2D eigenvalue weighted by Gasteiger charge is 2.13. The predicted octanol–water partition coefficient (Wildman–Crippen LogP) is 1.84. The second-order valence-electron chi connectivity index (χ2n) is 4.56. The van der Waals surface area contributed by atoms with E-state index < -0.39 is 5.97 Å². The van der Waals surface area contributed by atoms with Crippen molar-refractivity contribution in [3.63, 3.8) is 0 Å². The van der Waals surface area contributed by atoms with Gasteiger partial charge in [-0.05, 0) is 40.8 Å². The highest BCUT2D eigenvalue weighted by molar-refractivity contribution is 6.33. The van der Waals surface area contributed by atoms with Crippen molar-refractivity contribution < 1.29 is 13.9 Å². The van der Waals surface area contributed by atoms with Crippen LogP contribution in [-0.2, 0) is 4.74 Å². The van der Waals surface area contributed by atoms with Crippen LogP contribution in [0.15, 0.2) is 39.9 Å². The summed E-state index contributed by atoms with van der Waals surface area (Å²) in [5.74, 6) is 0.514. The van der Waals surface area contributed by atoms with Crippen LogP contribution in [0, 0.1) is 0 Å². The molecule has 0 atom stereocenters. The van der Waals surface area contributed by atoms with Gasteiger partial charge in [-0.3, -0.25) is 0 Å². The first-order chi connectivity index (χ1) is 11.6. The zero-order valence-electron chi connectivity index (χ0n) is 12.4. The number of nitrogens with zero attached hydrogens (tertiary/aromatic N) is 5. The van der Waals surface area contributed by atoms with Crippen molar-refractivity contribution in [1.82, 2.24) is 20.3 Å². The molecule has 1 aromatic carbocycles. The van der Waals surface area contributed by atoms with Gasteiger partial charge in [0.25, 0.3) is 5.95 Å². The number of furan rings is 1. The van der Waals surface area contributed by atoms with E-state index in [9.17, 15) is 4.79 Å². The van der Waals surface area contributed by atoms with Gasteiger partial charge >= 0.3 is 5.97 Å². The summed E-state index contributed by atoms with van der Waals surface area (Å²) >= 11 is 6.00. The van der Waals surface area contributed by atoms with E-state index in [1.54, 1.807) is 30.3 Å². The molecule has 2 N–H and O–H groups in total. The largest absolute Gasteiger partial charge is 0.465 e. The molecule has 2 heterocycles. The van der Waals surface area contributed by atoms with Gasteiger partial charge in [0, 0.05) is 5.56 Å². The number of hydrogen-bond acceptors (Lipinski definition) is 8. The van der Waals surface area contributed by atoms with E-state index in [0.29, 0.717) is 22.1 Å².